The van der Waals surface area contributed by atoms with Gasteiger partial charge in [-0.3, -0.25) is 0 Å². The number of fused-ring (bicyclic) bond motifs is 4. The summed E-state index contributed by atoms with van der Waals surface area (Å²) in [5.41, 5.74) is 10.5. The Balaban J connectivity index is 2.39. The van der Waals surface area contributed by atoms with Crippen LogP contribution < -0.4 is 9.47 Å². The van der Waals surface area contributed by atoms with Crippen molar-refractivity contribution in [3.8, 4) is 11.5 Å². The summed E-state index contributed by atoms with van der Waals surface area (Å²) in [4.78, 5) is 0. The molecule has 2 nitrogen and oxygen atoms in total. The molecular formula is C32H46O2. The molecule has 1 aliphatic carbocycles. The van der Waals surface area contributed by atoms with Gasteiger partial charge in [-0.2, -0.15) is 0 Å². The number of hydrogen-bond acceptors (Lipinski definition) is 2. The van der Waals surface area contributed by atoms with E-state index in [1.54, 1.807) is 0 Å². The Labute approximate surface area is 208 Å². The maximum atomic E-state index is 6.09. The van der Waals surface area contributed by atoms with Crippen molar-refractivity contribution in [1.29, 1.82) is 0 Å². The summed E-state index contributed by atoms with van der Waals surface area (Å²) >= 11 is 0. The van der Waals surface area contributed by atoms with Crippen LogP contribution in [-0.2, 0) is 23.7 Å². The molecule has 0 saturated carbocycles. The first-order valence-electron chi connectivity index (χ1n) is 13.0. The fourth-order valence-electron chi connectivity index (χ4n) is 5.04. The van der Waals surface area contributed by atoms with Gasteiger partial charge in [0.25, 0.3) is 0 Å². The van der Waals surface area contributed by atoms with Gasteiger partial charge in [-0.25, -0.2) is 0 Å². The van der Waals surface area contributed by atoms with Crippen LogP contribution in [0.25, 0.3) is 11.1 Å². The number of aryl methyl sites for hydroxylation is 2. The van der Waals surface area contributed by atoms with Gasteiger partial charge in [-0.1, -0.05) is 66.5 Å². The zero-order valence-corrected chi connectivity index (χ0v) is 23.4. The van der Waals surface area contributed by atoms with Crippen molar-refractivity contribution in [2.75, 3.05) is 14.2 Å². The Morgan fingerprint density at radius 2 is 0.912 bits per heavy atom. The van der Waals surface area contributed by atoms with Crippen molar-refractivity contribution in [2.24, 2.45) is 0 Å². The minimum Gasteiger partial charge on any atom is -0.496 e. The number of ether oxygens (including phenoxy) is 2. The van der Waals surface area contributed by atoms with E-state index >= 15 is 0 Å². The topological polar surface area (TPSA) is 18.5 Å². The van der Waals surface area contributed by atoms with E-state index in [-0.39, 0.29) is 10.8 Å². The molecule has 4 bridgehead atoms. The average Bonchev–Trinajstić information content (AvgIpc) is 2.77. The highest BCUT2D eigenvalue weighted by molar-refractivity contribution is 5.93. The minimum atomic E-state index is 0.0758. The van der Waals surface area contributed by atoms with E-state index in [9.17, 15) is 0 Å². The highest BCUT2D eigenvalue weighted by atomic mass is 16.5. The van der Waals surface area contributed by atoms with Crippen LogP contribution in [0.2, 0.25) is 0 Å². The summed E-state index contributed by atoms with van der Waals surface area (Å²) in [5.74, 6) is 2.07. The molecule has 2 heteroatoms. The molecule has 0 radical (unpaired) electrons. The molecule has 34 heavy (non-hydrogen) atoms. The molecule has 0 heterocycles. The minimum absolute atomic E-state index is 0.0758. The second-order valence-corrected chi connectivity index (χ2v) is 12.1. The molecule has 0 saturated heterocycles. The quantitative estimate of drug-likeness (QED) is 0.443. The van der Waals surface area contributed by atoms with Gasteiger partial charge in [0.1, 0.15) is 11.5 Å². The fourth-order valence-corrected chi connectivity index (χ4v) is 5.04. The van der Waals surface area contributed by atoms with Crippen LogP contribution in [0.15, 0.2) is 24.3 Å². The van der Waals surface area contributed by atoms with Gasteiger partial charge in [-0.05, 0) is 95.9 Å². The smallest absolute Gasteiger partial charge is 0.129 e. The van der Waals surface area contributed by atoms with Gasteiger partial charge in [0.05, 0.1) is 14.2 Å². The van der Waals surface area contributed by atoms with Gasteiger partial charge in [0, 0.05) is 11.1 Å². The summed E-state index contributed by atoms with van der Waals surface area (Å²) in [5, 5.41) is 0. The van der Waals surface area contributed by atoms with Crippen LogP contribution in [0.5, 0.6) is 11.5 Å². The molecule has 0 atom stereocenters. The van der Waals surface area contributed by atoms with Gasteiger partial charge in [0.2, 0.25) is 0 Å². The van der Waals surface area contributed by atoms with Crippen LogP contribution in [0.1, 0.15) is 114 Å². The Morgan fingerprint density at radius 3 is 1.21 bits per heavy atom. The van der Waals surface area contributed by atoms with Crippen LogP contribution in [0, 0.1) is 0 Å². The lowest BCUT2D eigenvalue weighted by Crippen LogP contribution is -2.14. The molecule has 1 aliphatic rings. The number of methoxy groups -OCH3 is 2. The van der Waals surface area contributed by atoms with E-state index in [1.165, 1.54) is 70.2 Å². The van der Waals surface area contributed by atoms with Crippen molar-refractivity contribution >= 4 is 11.1 Å². The van der Waals surface area contributed by atoms with E-state index in [0.29, 0.717) is 0 Å². The summed E-state index contributed by atoms with van der Waals surface area (Å²) in [7, 11) is 3.65. The summed E-state index contributed by atoms with van der Waals surface area (Å²) in [6.07, 6.45) is 6.98. The first-order valence-corrected chi connectivity index (χ1v) is 13.0. The van der Waals surface area contributed by atoms with E-state index in [0.717, 1.165) is 24.3 Å². The normalized spacial score (nSPS) is 17.8. The number of benzene rings is 2. The van der Waals surface area contributed by atoms with Crippen molar-refractivity contribution in [3.05, 3.63) is 57.6 Å². The standard InChI is InChI=1S/C32H46O2/c1-21-22(2)28-20-26(32(6,7)8)18-24(30(28)34-10)16-14-12-11-13-15-23-17-25(31(3,4)5)19-27(21)29(23)33-9/h17-20H,11-16H2,1-10H3/b22-21-. The number of hydrogen-bond donors (Lipinski definition) is 0. The maximum Gasteiger partial charge on any atom is 0.129 e. The third kappa shape index (κ3) is 5.53. The summed E-state index contributed by atoms with van der Waals surface area (Å²) in [6, 6.07) is 9.48. The first kappa shape index (κ1) is 26.4. The SMILES string of the molecule is COc1c2cc(C(C)(C)C)cc1/C(C)=C(/C)c1cc(C(C)(C)C)cc(c1OC)CCCCCC2. The third-order valence-corrected chi connectivity index (χ3v) is 7.48. The third-order valence-electron chi connectivity index (χ3n) is 7.48. The second-order valence-electron chi connectivity index (χ2n) is 12.1. The molecule has 0 fully saturated rings. The molecule has 0 amide bonds. The van der Waals surface area contributed by atoms with E-state index in [4.69, 9.17) is 9.47 Å². The molecule has 0 unspecified atom stereocenters. The number of rotatable bonds is 2. The zero-order chi connectivity index (χ0) is 25.3. The lowest BCUT2D eigenvalue weighted by atomic mass is 9.80. The Bertz CT molecular complexity index is 972. The molecule has 0 aliphatic heterocycles. The molecule has 0 N–H and O–H groups in total. The highest BCUT2D eigenvalue weighted by Gasteiger charge is 2.24. The predicted octanol–water partition coefficient (Wildman–Crippen LogP) is 8.91. The Hall–Kier alpha value is -2.22. The molecule has 2 aromatic carbocycles. The van der Waals surface area contributed by atoms with Crippen molar-refractivity contribution < 1.29 is 9.47 Å². The van der Waals surface area contributed by atoms with Crippen LogP contribution in [0.3, 0.4) is 0 Å². The van der Waals surface area contributed by atoms with E-state index in [2.05, 4.69) is 79.7 Å². The van der Waals surface area contributed by atoms with E-state index < -0.39 is 0 Å². The highest BCUT2D eigenvalue weighted by Crippen LogP contribution is 2.42. The first-order chi connectivity index (χ1) is 15.9. The predicted molar refractivity (Wildman–Crippen MR) is 147 cm³/mol. The number of allylic oxidation sites excluding steroid dienone is 2. The van der Waals surface area contributed by atoms with Crippen molar-refractivity contribution in [3.63, 3.8) is 0 Å². The van der Waals surface area contributed by atoms with Crippen molar-refractivity contribution in [2.45, 2.75) is 105 Å². The molecular weight excluding hydrogens is 416 g/mol. The summed E-state index contributed by atoms with van der Waals surface area (Å²) in [6.45, 7) is 18.3. The lowest BCUT2D eigenvalue weighted by Gasteiger charge is -2.26. The van der Waals surface area contributed by atoms with Gasteiger partial charge in [0.15, 0.2) is 0 Å². The molecule has 0 spiro atoms. The zero-order valence-electron chi connectivity index (χ0n) is 23.4. The van der Waals surface area contributed by atoms with Gasteiger partial charge >= 0.3 is 0 Å². The Morgan fingerprint density at radius 1 is 0.559 bits per heavy atom. The molecule has 2 aromatic rings. The van der Waals surface area contributed by atoms with Gasteiger partial charge < -0.3 is 9.47 Å². The second kappa shape index (κ2) is 10.2. The van der Waals surface area contributed by atoms with Crippen LogP contribution in [-0.4, -0.2) is 14.2 Å². The van der Waals surface area contributed by atoms with E-state index in [1.807, 2.05) is 14.2 Å². The molecule has 0 aromatic heterocycles. The van der Waals surface area contributed by atoms with Crippen molar-refractivity contribution in [1.82, 2.24) is 0 Å². The van der Waals surface area contributed by atoms with Crippen LogP contribution in [0.4, 0.5) is 0 Å². The lowest BCUT2D eigenvalue weighted by molar-refractivity contribution is 0.405. The Kier molecular flexibility index (Phi) is 7.90. The van der Waals surface area contributed by atoms with Crippen LogP contribution >= 0.6 is 0 Å². The molecule has 3 rings (SSSR count). The molecule has 186 valence electrons. The van der Waals surface area contributed by atoms with Gasteiger partial charge in [-0.15, -0.1) is 0 Å². The monoisotopic (exact) mass is 462 g/mol. The average molecular weight is 463 g/mol. The fraction of sp³-hybridized carbons (Fsp3) is 0.562. The largest absolute Gasteiger partial charge is 0.496 e. The maximum absolute atomic E-state index is 6.09. The summed E-state index contributed by atoms with van der Waals surface area (Å²) < 4.78 is 12.2.